The molecular weight excluding hydrogens is 100 g/mol. The molecule has 1 fully saturated rings. The van der Waals surface area contributed by atoms with Gasteiger partial charge in [0.2, 0.25) is 0 Å². The second-order valence-electron chi connectivity index (χ2n) is 1.92. The molecule has 0 aromatic rings. The van der Waals surface area contributed by atoms with Gasteiger partial charge in [0.15, 0.2) is 0 Å². The third-order valence-corrected chi connectivity index (χ3v) is 1.32. The van der Waals surface area contributed by atoms with Crippen LogP contribution in [0.3, 0.4) is 0 Å². The Labute approximate surface area is 50.0 Å². The molecule has 1 aliphatic rings. The Morgan fingerprint density at radius 1 is 1.50 bits per heavy atom. The zero-order valence-electron chi connectivity index (χ0n) is 5.20. The smallest absolute Gasteiger partial charge is 0.0351 e. The second kappa shape index (κ2) is 2.72. The van der Waals surface area contributed by atoms with Crippen molar-refractivity contribution in [2.75, 3.05) is 19.6 Å². The minimum absolute atomic E-state index is 1.01. The number of rotatable bonds is 0. The Balaban J connectivity index is 2.33. The van der Waals surface area contributed by atoms with Crippen LogP contribution in [0.15, 0.2) is 11.8 Å². The minimum Gasteiger partial charge on any atom is -0.386 e. The topological polar surface area (TPSA) is 24.1 Å². The highest BCUT2D eigenvalue weighted by molar-refractivity contribution is 5.02. The van der Waals surface area contributed by atoms with Gasteiger partial charge in [-0.25, -0.2) is 0 Å². The summed E-state index contributed by atoms with van der Waals surface area (Å²) in [5.74, 6) is 0. The van der Waals surface area contributed by atoms with E-state index < -0.39 is 0 Å². The summed E-state index contributed by atoms with van der Waals surface area (Å²) in [7, 11) is 0. The van der Waals surface area contributed by atoms with Crippen molar-refractivity contribution in [2.24, 2.45) is 0 Å². The molecule has 8 heavy (non-hydrogen) atoms. The first-order chi connectivity index (χ1) is 3.93. The summed E-state index contributed by atoms with van der Waals surface area (Å²) >= 11 is 0. The van der Waals surface area contributed by atoms with Gasteiger partial charge in [0, 0.05) is 25.3 Å². The molecule has 0 saturated carbocycles. The summed E-state index contributed by atoms with van der Waals surface area (Å²) in [5, 5.41) is 6.52. The molecule has 46 valence electrons. The first kappa shape index (κ1) is 5.63. The lowest BCUT2D eigenvalue weighted by Gasteiger charge is -2.17. The molecular formula is C6H12N2. The number of piperazine rings is 1. The highest BCUT2D eigenvalue weighted by Crippen LogP contribution is 1.88. The van der Waals surface area contributed by atoms with Crippen molar-refractivity contribution in [3.05, 3.63) is 11.8 Å². The summed E-state index contributed by atoms with van der Waals surface area (Å²) in [6, 6.07) is 0. The van der Waals surface area contributed by atoms with E-state index in [4.69, 9.17) is 0 Å². The van der Waals surface area contributed by atoms with Gasteiger partial charge < -0.3 is 10.6 Å². The van der Waals surface area contributed by atoms with Crippen molar-refractivity contribution in [1.29, 1.82) is 0 Å². The molecule has 2 N–H and O–H groups in total. The molecule has 1 rings (SSSR count). The number of hydrogen-bond acceptors (Lipinski definition) is 2. The lowest BCUT2D eigenvalue weighted by molar-refractivity contribution is 0.597. The van der Waals surface area contributed by atoms with E-state index in [-0.39, 0.29) is 0 Å². The van der Waals surface area contributed by atoms with E-state index in [1.807, 2.05) is 0 Å². The highest BCUT2D eigenvalue weighted by Gasteiger charge is 1.98. The molecule has 0 bridgehead atoms. The Morgan fingerprint density at radius 3 is 2.75 bits per heavy atom. The molecule has 1 aliphatic heterocycles. The van der Waals surface area contributed by atoms with Crippen LogP contribution in [0.4, 0.5) is 0 Å². The van der Waals surface area contributed by atoms with E-state index in [2.05, 4.69) is 23.6 Å². The molecule has 0 amide bonds. The predicted molar refractivity (Wildman–Crippen MR) is 34.6 cm³/mol. The maximum atomic E-state index is 3.27. The van der Waals surface area contributed by atoms with Crippen LogP contribution < -0.4 is 10.6 Å². The Kier molecular flexibility index (Phi) is 1.92. The number of nitrogens with one attached hydrogen (secondary N) is 2. The maximum absolute atomic E-state index is 3.27. The summed E-state index contributed by atoms with van der Waals surface area (Å²) in [4.78, 5) is 0. The Morgan fingerprint density at radius 2 is 2.38 bits per heavy atom. The molecule has 0 unspecified atom stereocenters. The van der Waals surface area contributed by atoms with Gasteiger partial charge in [-0.05, 0) is 6.92 Å². The first-order valence-electron chi connectivity index (χ1n) is 3.03. The van der Waals surface area contributed by atoms with Gasteiger partial charge in [-0.1, -0.05) is 6.08 Å². The van der Waals surface area contributed by atoms with Gasteiger partial charge in [0.05, 0.1) is 0 Å². The molecule has 0 aliphatic carbocycles. The lowest BCUT2D eigenvalue weighted by Crippen LogP contribution is -2.37. The fraction of sp³-hybridized carbons (Fsp3) is 0.667. The third-order valence-electron chi connectivity index (χ3n) is 1.32. The van der Waals surface area contributed by atoms with Crippen LogP contribution in [-0.2, 0) is 0 Å². The molecule has 2 heteroatoms. The average Bonchev–Trinajstić information content (AvgIpc) is 1.90. The van der Waals surface area contributed by atoms with Crippen LogP contribution in [0, 0.1) is 0 Å². The van der Waals surface area contributed by atoms with Crippen molar-refractivity contribution in [2.45, 2.75) is 6.92 Å². The summed E-state index contributed by atoms with van der Waals surface area (Å²) in [6.45, 7) is 5.23. The van der Waals surface area contributed by atoms with Crippen LogP contribution in [0.1, 0.15) is 6.92 Å². The summed E-state index contributed by atoms with van der Waals surface area (Å²) < 4.78 is 0. The fourth-order valence-electron chi connectivity index (χ4n) is 0.801. The number of hydrogen-bond donors (Lipinski definition) is 2. The largest absolute Gasteiger partial charge is 0.386 e. The van der Waals surface area contributed by atoms with Crippen molar-refractivity contribution >= 4 is 0 Å². The van der Waals surface area contributed by atoms with Gasteiger partial charge in [-0.15, -0.1) is 0 Å². The van der Waals surface area contributed by atoms with Crippen molar-refractivity contribution in [1.82, 2.24) is 10.6 Å². The van der Waals surface area contributed by atoms with Gasteiger partial charge in [0.25, 0.3) is 0 Å². The molecule has 1 heterocycles. The van der Waals surface area contributed by atoms with Gasteiger partial charge in [0.1, 0.15) is 0 Å². The molecule has 0 aromatic heterocycles. The predicted octanol–water partition coefficient (Wildman–Crippen LogP) is 0.0830. The quantitative estimate of drug-likeness (QED) is 0.464. The SMILES string of the molecule is CC=C1CNCCN1. The monoisotopic (exact) mass is 112 g/mol. The van der Waals surface area contributed by atoms with Crippen molar-refractivity contribution < 1.29 is 0 Å². The van der Waals surface area contributed by atoms with E-state index in [0.717, 1.165) is 19.6 Å². The summed E-state index contributed by atoms with van der Waals surface area (Å²) in [5.41, 5.74) is 1.32. The molecule has 2 nitrogen and oxygen atoms in total. The molecule has 0 radical (unpaired) electrons. The number of allylic oxidation sites excluding steroid dienone is 1. The average molecular weight is 112 g/mol. The van der Waals surface area contributed by atoms with E-state index >= 15 is 0 Å². The second-order valence-corrected chi connectivity index (χ2v) is 1.92. The van der Waals surface area contributed by atoms with E-state index in [9.17, 15) is 0 Å². The highest BCUT2D eigenvalue weighted by atomic mass is 15.0. The van der Waals surface area contributed by atoms with Crippen LogP contribution in [0.2, 0.25) is 0 Å². The lowest BCUT2D eigenvalue weighted by atomic mass is 10.3. The van der Waals surface area contributed by atoms with Crippen molar-refractivity contribution in [3.8, 4) is 0 Å². The van der Waals surface area contributed by atoms with E-state index in [1.54, 1.807) is 0 Å². The Bertz CT molecular complexity index is 88.7. The minimum atomic E-state index is 1.01. The maximum Gasteiger partial charge on any atom is 0.0351 e. The fourth-order valence-corrected chi connectivity index (χ4v) is 0.801. The molecule has 0 aromatic carbocycles. The summed E-state index contributed by atoms with van der Waals surface area (Å²) in [6.07, 6.45) is 2.10. The van der Waals surface area contributed by atoms with Crippen LogP contribution in [0.5, 0.6) is 0 Å². The van der Waals surface area contributed by atoms with Crippen LogP contribution >= 0.6 is 0 Å². The Hall–Kier alpha value is -0.500. The van der Waals surface area contributed by atoms with E-state index in [0.29, 0.717) is 0 Å². The van der Waals surface area contributed by atoms with Crippen LogP contribution in [0.25, 0.3) is 0 Å². The third kappa shape index (κ3) is 1.23. The zero-order valence-corrected chi connectivity index (χ0v) is 5.20. The van der Waals surface area contributed by atoms with Gasteiger partial charge >= 0.3 is 0 Å². The first-order valence-corrected chi connectivity index (χ1v) is 3.03. The standard InChI is InChI=1S/C6H12N2/c1-2-6-5-7-3-4-8-6/h2,7-8H,3-5H2,1H3. The molecule has 0 spiro atoms. The zero-order chi connectivity index (χ0) is 5.82. The van der Waals surface area contributed by atoms with Crippen molar-refractivity contribution in [3.63, 3.8) is 0 Å². The molecule has 1 saturated heterocycles. The van der Waals surface area contributed by atoms with Gasteiger partial charge in [-0.3, -0.25) is 0 Å². The normalized spacial score (nSPS) is 25.4. The van der Waals surface area contributed by atoms with Gasteiger partial charge in [-0.2, -0.15) is 0 Å². The molecule has 0 atom stereocenters. The van der Waals surface area contributed by atoms with E-state index in [1.165, 1.54) is 5.70 Å². The van der Waals surface area contributed by atoms with Crippen LogP contribution in [-0.4, -0.2) is 19.6 Å².